The van der Waals surface area contributed by atoms with Crippen LogP contribution in [0.5, 0.6) is 0 Å². The summed E-state index contributed by atoms with van der Waals surface area (Å²) < 4.78 is 2.11. The molecule has 0 aromatic carbocycles. The molecular weight excluding hydrogens is 230 g/mol. The lowest BCUT2D eigenvalue weighted by molar-refractivity contribution is -0.124. The maximum atomic E-state index is 11.7. The van der Waals surface area contributed by atoms with Gasteiger partial charge in [-0.3, -0.25) is 4.79 Å². The highest BCUT2D eigenvalue weighted by Crippen LogP contribution is 2.06. The molecule has 1 aliphatic heterocycles. The molecule has 2 heterocycles. The third-order valence-electron chi connectivity index (χ3n) is 3.42. The van der Waals surface area contributed by atoms with Crippen molar-refractivity contribution < 1.29 is 4.79 Å². The third kappa shape index (κ3) is 2.87. The molecule has 6 heteroatoms. The number of carbonyl (C=O) groups excluding carboxylic acids is 1. The Morgan fingerprint density at radius 1 is 1.50 bits per heavy atom. The van der Waals surface area contributed by atoms with Gasteiger partial charge in [0.25, 0.3) is 0 Å². The second-order valence-electron chi connectivity index (χ2n) is 4.71. The lowest BCUT2D eigenvalue weighted by atomic mass is 10.1. The van der Waals surface area contributed by atoms with Gasteiger partial charge in [-0.15, -0.1) is 10.2 Å². The minimum Gasteiger partial charge on any atom is -0.349 e. The van der Waals surface area contributed by atoms with Crippen LogP contribution < -0.4 is 10.6 Å². The van der Waals surface area contributed by atoms with Crippen molar-refractivity contribution in [3.05, 3.63) is 11.6 Å². The summed E-state index contributed by atoms with van der Waals surface area (Å²) >= 11 is 0. The number of nitrogens with zero attached hydrogens (tertiary/aromatic N) is 3. The van der Waals surface area contributed by atoms with E-state index in [0.29, 0.717) is 6.54 Å². The summed E-state index contributed by atoms with van der Waals surface area (Å²) in [6, 6.07) is 0. The molecule has 0 bridgehead atoms. The molecule has 2 rings (SSSR count). The Morgan fingerprint density at radius 3 is 3.11 bits per heavy atom. The zero-order chi connectivity index (χ0) is 13.0. The van der Waals surface area contributed by atoms with Crippen molar-refractivity contribution in [3.63, 3.8) is 0 Å². The molecular formula is C12H21N5O. The van der Waals surface area contributed by atoms with E-state index in [-0.39, 0.29) is 11.8 Å². The SMILES string of the molecule is CCC(C)C(=O)NCc1nnc2n1CCNCC2. The van der Waals surface area contributed by atoms with Gasteiger partial charge in [0, 0.05) is 32.0 Å². The van der Waals surface area contributed by atoms with E-state index >= 15 is 0 Å². The van der Waals surface area contributed by atoms with E-state index < -0.39 is 0 Å². The minimum atomic E-state index is 0.0539. The normalized spacial score (nSPS) is 16.8. The zero-order valence-electron chi connectivity index (χ0n) is 11.1. The number of rotatable bonds is 4. The number of carbonyl (C=O) groups is 1. The second kappa shape index (κ2) is 5.95. The van der Waals surface area contributed by atoms with Crippen molar-refractivity contribution in [3.8, 4) is 0 Å². The summed E-state index contributed by atoms with van der Waals surface area (Å²) in [5.74, 6) is 2.00. The van der Waals surface area contributed by atoms with Gasteiger partial charge in [0.2, 0.25) is 5.91 Å². The first kappa shape index (κ1) is 13.0. The van der Waals surface area contributed by atoms with Crippen LogP contribution in [0.3, 0.4) is 0 Å². The van der Waals surface area contributed by atoms with E-state index in [0.717, 1.165) is 44.1 Å². The van der Waals surface area contributed by atoms with Crippen molar-refractivity contribution in [1.82, 2.24) is 25.4 Å². The van der Waals surface area contributed by atoms with Crippen molar-refractivity contribution >= 4 is 5.91 Å². The molecule has 1 unspecified atom stereocenters. The van der Waals surface area contributed by atoms with E-state index in [1.165, 1.54) is 0 Å². The lowest BCUT2D eigenvalue weighted by Crippen LogP contribution is -2.30. The maximum absolute atomic E-state index is 11.7. The average molecular weight is 251 g/mol. The lowest BCUT2D eigenvalue weighted by Gasteiger charge is -2.10. The van der Waals surface area contributed by atoms with Gasteiger partial charge in [0.05, 0.1) is 6.54 Å². The Morgan fingerprint density at radius 2 is 2.33 bits per heavy atom. The Kier molecular flexibility index (Phi) is 4.30. The molecule has 0 spiro atoms. The average Bonchev–Trinajstić information content (AvgIpc) is 2.62. The number of fused-ring (bicyclic) bond motifs is 1. The molecule has 1 amide bonds. The maximum Gasteiger partial charge on any atom is 0.223 e. The number of hydrogen-bond donors (Lipinski definition) is 2. The van der Waals surface area contributed by atoms with E-state index in [4.69, 9.17) is 0 Å². The number of aromatic nitrogens is 3. The molecule has 0 fully saturated rings. The summed E-state index contributed by atoms with van der Waals surface area (Å²) in [4.78, 5) is 11.7. The van der Waals surface area contributed by atoms with Crippen LogP contribution in [0.2, 0.25) is 0 Å². The van der Waals surface area contributed by atoms with E-state index in [2.05, 4.69) is 25.4 Å². The molecule has 1 atom stereocenters. The highest BCUT2D eigenvalue weighted by molar-refractivity contribution is 5.78. The van der Waals surface area contributed by atoms with Gasteiger partial charge in [0.15, 0.2) is 5.82 Å². The number of nitrogens with one attached hydrogen (secondary N) is 2. The molecule has 0 saturated carbocycles. The molecule has 1 aliphatic rings. The summed E-state index contributed by atoms with van der Waals surface area (Å²) in [6.07, 6.45) is 1.75. The van der Waals surface area contributed by atoms with Crippen molar-refractivity contribution in [2.45, 2.75) is 39.8 Å². The fraction of sp³-hybridized carbons (Fsp3) is 0.750. The molecule has 0 saturated heterocycles. The third-order valence-corrected chi connectivity index (χ3v) is 3.42. The van der Waals surface area contributed by atoms with Crippen LogP contribution in [-0.2, 0) is 24.3 Å². The fourth-order valence-corrected chi connectivity index (χ4v) is 1.99. The summed E-state index contributed by atoms with van der Waals surface area (Å²) in [7, 11) is 0. The summed E-state index contributed by atoms with van der Waals surface area (Å²) in [5.41, 5.74) is 0. The molecule has 1 aromatic heterocycles. The number of hydrogen-bond acceptors (Lipinski definition) is 4. The minimum absolute atomic E-state index is 0.0539. The largest absolute Gasteiger partial charge is 0.349 e. The Labute approximate surface area is 107 Å². The van der Waals surface area contributed by atoms with Crippen LogP contribution in [0, 0.1) is 5.92 Å². The standard InChI is InChI=1S/C12H21N5O/c1-3-9(2)12(18)14-8-11-16-15-10-4-5-13-6-7-17(10)11/h9,13H,3-8H2,1-2H3,(H,14,18). The molecule has 100 valence electrons. The fourth-order valence-electron chi connectivity index (χ4n) is 1.99. The topological polar surface area (TPSA) is 71.8 Å². The Bertz CT molecular complexity index is 415. The Hall–Kier alpha value is -1.43. The van der Waals surface area contributed by atoms with Gasteiger partial charge in [-0.25, -0.2) is 0 Å². The molecule has 6 nitrogen and oxygen atoms in total. The first-order chi connectivity index (χ1) is 8.72. The molecule has 0 aliphatic carbocycles. The van der Waals surface area contributed by atoms with E-state index in [1.54, 1.807) is 0 Å². The van der Waals surface area contributed by atoms with Gasteiger partial charge < -0.3 is 15.2 Å². The zero-order valence-corrected chi connectivity index (χ0v) is 11.1. The molecule has 2 N–H and O–H groups in total. The van der Waals surface area contributed by atoms with Gasteiger partial charge in [-0.05, 0) is 6.42 Å². The van der Waals surface area contributed by atoms with Gasteiger partial charge in [-0.2, -0.15) is 0 Å². The van der Waals surface area contributed by atoms with Gasteiger partial charge in [-0.1, -0.05) is 13.8 Å². The first-order valence-corrected chi connectivity index (χ1v) is 6.61. The summed E-state index contributed by atoms with van der Waals surface area (Å²) in [6.45, 7) is 7.16. The summed E-state index contributed by atoms with van der Waals surface area (Å²) in [5, 5.41) is 14.6. The predicted octanol–water partition coefficient (Wildman–Crippen LogP) is 0.0861. The van der Waals surface area contributed by atoms with E-state index in [9.17, 15) is 4.79 Å². The van der Waals surface area contributed by atoms with Crippen LogP contribution in [0.25, 0.3) is 0 Å². The smallest absolute Gasteiger partial charge is 0.223 e. The van der Waals surface area contributed by atoms with Crippen LogP contribution in [0.4, 0.5) is 0 Å². The molecule has 18 heavy (non-hydrogen) atoms. The molecule has 1 aromatic rings. The van der Waals surface area contributed by atoms with Crippen LogP contribution >= 0.6 is 0 Å². The number of amides is 1. The highest BCUT2D eigenvalue weighted by Gasteiger charge is 2.16. The second-order valence-corrected chi connectivity index (χ2v) is 4.71. The molecule has 0 radical (unpaired) electrons. The first-order valence-electron chi connectivity index (χ1n) is 6.61. The van der Waals surface area contributed by atoms with Crippen LogP contribution in [0.1, 0.15) is 31.9 Å². The van der Waals surface area contributed by atoms with Crippen molar-refractivity contribution in [1.29, 1.82) is 0 Å². The van der Waals surface area contributed by atoms with Gasteiger partial charge in [0.1, 0.15) is 5.82 Å². The van der Waals surface area contributed by atoms with Crippen molar-refractivity contribution in [2.24, 2.45) is 5.92 Å². The van der Waals surface area contributed by atoms with Gasteiger partial charge >= 0.3 is 0 Å². The predicted molar refractivity (Wildman–Crippen MR) is 67.9 cm³/mol. The highest BCUT2D eigenvalue weighted by atomic mass is 16.1. The quantitative estimate of drug-likeness (QED) is 0.795. The Balaban J connectivity index is 1.98. The van der Waals surface area contributed by atoms with Crippen LogP contribution in [-0.4, -0.2) is 33.8 Å². The van der Waals surface area contributed by atoms with E-state index in [1.807, 2.05) is 13.8 Å². The van der Waals surface area contributed by atoms with Crippen molar-refractivity contribution in [2.75, 3.05) is 13.1 Å². The van der Waals surface area contributed by atoms with Crippen LogP contribution in [0.15, 0.2) is 0 Å². The monoisotopic (exact) mass is 251 g/mol.